The fraction of sp³-hybridized carbons (Fsp3) is 0.588. The molecule has 0 bridgehead atoms. The van der Waals surface area contributed by atoms with E-state index in [1.807, 2.05) is 11.8 Å². The molecule has 0 radical (unpaired) electrons. The highest BCUT2D eigenvalue weighted by Crippen LogP contribution is 2.19. The van der Waals surface area contributed by atoms with E-state index in [0.29, 0.717) is 38.5 Å². The van der Waals surface area contributed by atoms with Crippen molar-refractivity contribution in [3.8, 4) is 5.75 Å². The first kappa shape index (κ1) is 19.5. The summed E-state index contributed by atoms with van der Waals surface area (Å²) in [6.07, 6.45) is -4.18. The number of benzene rings is 1. The van der Waals surface area contributed by atoms with Crippen LogP contribution in [-0.2, 0) is 4.79 Å². The minimum atomic E-state index is -4.18. The molecule has 1 amide bonds. The quantitative estimate of drug-likeness (QED) is 0.848. The van der Waals surface area contributed by atoms with Gasteiger partial charge in [0.1, 0.15) is 5.75 Å². The molecule has 1 aromatic rings. The molecule has 5 nitrogen and oxygen atoms in total. The van der Waals surface area contributed by atoms with Crippen LogP contribution in [0.25, 0.3) is 0 Å². The van der Waals surface area contributed by atoms with Gasteiger partial charge in [0.2, 0.25) is 5.91 Å². The number of nitrogens with zero attached hydrogens (tertiary/aromatic N) is 2. The summed E-state index contributed by atoms with van der Waals surface area (Å²) in [6.45, 7) is 4.83. The fourth-order valence-electron chi connectivity index (χ4n) is 2.78. The maximum atomic E-state index is 12.4. The lowest BCUT2D eigenvalue weighted by Gasteiger charge is -2.37. The van der Waals surface area contributed by atoms with Crippen molar-refractivity contribution in [3.05, 3.63) is 24.3 Å². The van der Waals surface area contributed by atoms with Crippen molar-refractivity contribution in [2.75, 3.05) is 44.6 Å². The summed E-state index contributed by atoms with van der Waals surface area (Å²) in [5.41, 5.74) is 0.663. The van der Waals surface area contributed by atoms with Crippen LogP contribution in [0.15, 0.2) is 24.3 Å². The third-order valence-electron chi connectivity index (χ3n) is 4.17. The summed E-state index contributed by atoms with van der Waals surface area (Å²) in [5, 5.41) is 2.83. The number of nitrogens with one attached hydrogen (secondary N) is 1. The topological polar surface area (TPSA) is 44.8 Å². The smallest absolute Gasteiger partial charge is 0.401 e. The number of carbonyl (C=O) groups excluding carboxylic acids is 1. The van der Waals surface area contributed by atoms with E-state index >= 15 is 0 Å². The largest absolute Gasteiger partial charge is 0.494 e. The van der Waals surface area contributed by atoms with Crippen molar-refractivity contribution in [2.45, 2.75) is 26.1 Å². The number of carbonyl (C=O) groups is 1. The Bertz CT molecular complexity index is 555. The maximum absolute atomic E-state index is 12.4. The highest BCUT2D eigenvalue weighted by atomic mass is 19.4. The van der Waals surface area contributed by atoms with E-state index in [1.165, 1.54) is 4.90 Å². The number of hydrogen-bond acceptors (Lipinski definition) is 4. The average Bonchev–Trinajstić information content (AvgIpc) is 2.55. The zero-order valence-electron chi connectivity index (χ0n) is 14.5. The summed E-state index contributed by atoms with van der Waals surface area (Å²) < 4.78 is 42.6. The van der Waals surface area contributed by atoms with Gasteiger partial charge in [0, 0.05) is 31.9 Å². The van der Waals surface area contributed by atoms with Crippen LogP contribution in [0.4, 0.5) is 18.9 Å². The Morgan fingerprint density at radius 1 is 1.20 bits per heavy atom. The lowest BCUT2D eigenvalue weighted by atomic mass is 10.2. The van der Waals surface area contributed by atoms with E-state index in [1.54, 1.807) is 31.2 Å². The normalized spacial score (nSPS) is 18.0. The van der Waals surface area contributed by atoms with Crippen molar-refractivity contribution < 1.29 is 22.7 Å². The molecule has 1 aliphatic heterocycles. The third-order valence-corrected chi connectivity index (χ3v) is 4.17. The Labute approximate surface area is 145 Å². The highest BCUT2D eigenvalue weighted by molar-refractivity contribution is 5.94. The van der Waals surface area contributed by atoms with Crippen molar-refractivity contribution in [1.29, 1.82) is 0 Å². The summed E-state index contributed by atoms with van der Waals surface area (Å²) in [7, 11) is 0. The Kier molecular flexibility index (Phi) is 6.66. The van der Waals surface area contributed by atoms with Gasteiger partial charge < -0.3 is 10.1 Å². The summed E-state index contributed by atoms with van der Waals surface area (Å²) in [4.78, 5) is 15.6. The van der Waals surface area contributed by atoms with Gasteiger partial charge >= 0.3 is 6.18 Å². The van der Waals surface area contributed by atoms with Crippen LogP contribution in [-0.4, -0.2) is 67.3 Å². The average molecular weight is 359 g/mol. The highest BCUT2D eigenvalue weighted by Gasteiger charge is 2.33. The van der Waals surface area contributed by atoms with Gasteiger partial charge in [-0.15, -0.1) is 0 Å². The zero-order chi connectivity index (χ0) is 18.4. The first-order valence-electron chi connectivity index (χ1n) is 8.35. The first-order chi connectivity index (χ1) is 11.8. The monoisotopic (exact) mass is 359 g/mol. The van der Waals surface area contributed by atoms with Crippen molar-refractivity contribution in [1.82, 2.24) is 9.80 Å². The van der Waals surface area contributed by atoms with E-state index in [4.69, 9.17) is 4.74 Å². The van der Waals surface area contributed by atoms with Gasteiger partial charge in [0.15, 0.2) is 0 Å². The molecule has 1 heterocycles. The Balaban J connectivity index is 1.82. The van der Waals surface area contributed by atoms with Crippen molar-refractivity contribution in [3.63, 3.8) is 0 Å². The molecule has 1 atom stereocenters. The maximum Gasteiger partial charge on any atom is 0.401 e. The van der Waals surface area contributed by atoms with Gasteiger partial charge in [0.25, 0.3) is 0 Å². The molecule has 1 aromatic carbocycles. The summed E-state index contributed by atoms with van der Waals surface area (Å²) in [6, 6.07) is 6.67. The first-order valence-corrected chi connectivity index (χ1v) is 8.35. The van der Waals surface area contributed by atoms with Crippen molar-refractivity contribution >= 4 is 11.6 Å². The molecular weight excluding hydrogens is 335 g/mol. The van der Waals surface area contributed by atoms with Crippen LogP contribution < -0.4 is 10.1 Å². The number of rotatable bonds is 6. The number of anilines is 1. The van der Waals surface area contributed by atoms with Gasteiger partial charge in [-0.25, -0.2) is 0 Å². The SMILES string of the molecule is CCOc1ccc(NC(=O)[C@H](C)N2CCN(CC(F)(F)F)CC2)cc1. The van der Waals surface area contributed by atoms with Crippen LogP contribution in [0.3, 0.4) is 0 Å². The van der Waals surface area contributed by atoms with Crippen LogP contribution in [0.1, 0.15) is 13.8 Å². The molecule has 8 heteroatoms. The van der Waals surface area contributed by atoms with Gasteiger partial charge in [0.05, 0.1) is 19.2 Å². The summed E-state index contributed by atoms with van der Waals surface area (Å²) in [5.74, 6) is 0.558. The molecule has 0 saturated carbocycles. The van der Waals surface area contributed by atoms with E-state index in [9.17, 15) is 18.0 Å². The molecule has 1 aliphatic rings. The molecule has 2 rings (SSSR count). The Morgan fingerprint density at radius 3 is 2.32 bits per heavy atom. The van der Waals surface area contributed by atoms with E-state index in [2.05, 4.69) is 5.32 Å². The molecule has 0 spiro atoms. The molecule has 25 heavy (non-hydrogen) atoms. The molecule has 1 saturated heterocycles. The van der Waals surface area contributed by atoms with Crippen LogP contribution in [0.5, 0.6) is 5.75 Å². The number of hydrogen-bond donors (Lipinski definition) is 1. The molecule has 0 aliphatic carbocycles. The minimum Gasteiger partial charge on any atom is -0.494 e. The van der Waals surface area contributed by atoms with Crippen LogP contribution in [0, 0.1) is 0 Å². The third kappa shape index (κ3) is 6.21. The summed E-state index contributed by atoms with van der Waals surface area (Å²) >= 11 is 0. The van der Waals surface area contributed by atoms with E-state index in [-0.39, 0.29) is 5.91 Å². The van der Waals surface area contributed by atoms with Crippen LogP contribution >= 0.6 is 0 Å². The van der Waals surface area contributed by atoms with Crippen molar-refractivity contribution in [2.24, 2.45) is 0 Å². The molecule has 1 N–H and O–H groups in total. The second kappa shape index (κ2) is 8.53. The Morgan fingerprint density at radius 2 is 1.80 bits per heavy atom. The predicted octanol–water partition coefficient (Wildman–Crippen LogP) is 2.59. The number of ether oxygens (including phenoxy) is 1. The van der Waals surface area contributed by atoms with Gasteiger partial charge in [-0.1, -0.05) is 0 Å². The number of piperazine rings is 1. The van der Waals surface area contributed by atoms with Gasteiger partial charge in [-0.05, 0) is 38.1 Å². The number of halogens is 3. The second-order valence-corrected chi connectivity index (χ2v) is 6.05. The molecule has 1 fully saturated rings. The van der Waals surface area contributed by atoms with Crippen LogP contribution in [0.2, 0.25) is 0 Å². The predicted molar refractivity (Wildman–Crippen MR) is 89.8 cm³/mol. The van der Waals surface area contributed by atoms with E-state index in [0.717, 1.165) is 5.75 Å². The Hall–Kier alpha value is -1.80. The molecular formula is C17H24F3N3O2. The number of alkyl halides is 3. The standard InChI is InChI=1S/C17H24F3N3O2/c1-3-25-15-6-4-14(5-7-15)21-16(24)13(2)23-10-8-22(9-11-23)12-17(18,19)20/h4-7,13H,3,8-12H2,1-2H3,(H,21,24)/t13-/m0/s1. The second-order valence-electron chi connectivity index (χ2n) is 6.05. The zero-order valence-corrected chi connectivity index (χ0v) is 14.5. The van der Waals surface area contributed by atoms with Gasteiger partial charge in [-0.2, -0.15) is 13.2 Å². The molecule has 0 aromatic heterocycles. The van der Waals surface area contributed by atoms with Gasteiger partial charge in [-0.3, -0.25) is 14.6 Å². The lowest BCUT2D eigenvalue weighted by molar-refractivity contribution is -0.150. The minimum absolute atomic E-state index is 0.173. The lowest BCUT2D eigenvalue weighted by Crippen LogP contribution is -2.54. The number of amides is 1. The van der Waals surface area contributed by atoms with E-state index < -0.39 is 18.8 Å². The molecule has 140 valence electrons. The fourth-order valence-corrected chi connectivity index (χ4v) is 2.78. The molecule has 0 unspecified atom stereocenters.